The highest BCUT2D eigenvalue weighted by Gasteiger charge is 2.59. The summed E-state index contributed by atoms with van der Waals surface area (Å²) in [4.78, 5) is 4.53. The molecule has 4 rings (SSSR count). The van der Waals surface area contributed by atoms with Crippen LogP contribution < -0.4 is 8.61 Å². The highest BCUT2D eigenvalue weighted by molar-refractivity contribution is 7.94. The molecule has 29 heavy (non-hydrogen) atoms. The van der Waals surface area contributed by atoms with Gasteiger partial charge in [-0.2, -0.15) is 8.42 Å². The van der Waals surface area contributed by atoms with E-state index in [2.05, 4.69) is 4.98 Å². The first-order chi connectivity index (χ1) is 13.3. The van der Waals surface area contributed by atoms with Gasteiger partial charge >= 0.3 is 10.2 Å². The van der Waals surface area contributed by atoms with Crippen molar-refractivity contribution in [2.24, 2.45) is 5.92 Å². The van der Waals surface area contributed by atoms with Gasteiger partial charge in [-0.1, -0.05) is 12.1 Å². The molecule has 0 radical (unpaired) electrons. The topological polar surface area (TPSA) is 73.7 Å². The number of aliphatic hydroxyl groups is 1. The molecule has 1 saturated carbocycles. The fourth-order valence-corrected chi connectivity index (χ4v) is 4.95. The molecular weight excluding hydrogens is 400 g/mol. The molecule has 6 nitrogen and oxygen atoms in total. The zero-order valence-corrected chi connectivity index (χ0v) is 17.5. The predicted octanol–water partition coefficient (Wildman–Crippen LogP) is 3.44. The van der Waals surface area contributed by atoms with Gasteiger partial charge < -0.3 is 5.11 Å². The third kappa shape index (κ3) is 3.26. The molecule has 0 bridgehead atoms. The molecule has 0 spiro atoms. The number of hydrogen-bond acceptors (Lipinski definition) is 4. The van der Waals surface area contributed by atoms with E-state index in [1.54, 1.807) is 26.0 Å². The summed E-state index contributed by atoms with van der Waals surface area (Å²) in [5.74, 6) is -3.57. The summed E-state index contributed by atoms with van der Waals surface area (Å²) in [6, 6.07) is 8.83. The van der Waals surface area contributed by atoms with Gasteiger partial charge in [0.05, 0.1) is 17.0 Å². The lowest BCUT2D eigenvalue weighted by Crippen LogP contribution is -2.37. The summed E-state index contributed by atoms with van der Waals surface area (Å²) in [5.41, 5.74) is 2.21. The van der Waals surface area contributed by atoms with E-state index in [1.807, 2.05) is 25.1 Å². The number of pyridine rings is 1. The van der Waals surface area contributed by atoms with Gasteiger partial charge in [-0.15, -0.1) is 0 Å². The number of anilines is 2. The number of fused-ring (bicyclic) bond motifs is 1. The van der Waals surface area contributed by atoms with E-state index < -0.39 is 27.7 Å². The zero-order chi connectivity index (χ0) is 21.4. The zero-order valence-electron chi connectivity index (χ0n) is 16.6. The number of rotatable bonds is 4. The molecule has 156 valence electrons. The number of aryl methyl sites for hydroxylation is 1. The summed E-state index contributed by atoms with van der Waals surface area (Å²) in [6.45, 7) is 5.01. The first-order valence-corrected chi connectivity index (χ1v) is 10.7. The fourth-order valence-electron chi connectivity index (χ4n) is 3.54. The second-order valence-electron chi connectivity index (χ2n) is 8.30. The Morgan fingerprint density at radius 2 is 1.93 bits per heavy atom. The van der Waals surface area contributed by atoms with Gasteiger partial charge in [0.2, 0.25) is 0 Å². The molecule has 1 aromatic heterocycles. The lowest BCUT2D eigenvalue weighted by Gasteiger charge is -2.20. The minimum atomic E-state index is -3.94. The van der Waals surface area contributed by atoms with Crippen LogP contribution in [-0.4, -0.2) is 38.0 Å². The summed E-state index contributed by atoms with van der Waals surface area (Å²) < 4.78 is 54.3. The van der Waals surface area contributed by atoms with E-state index in [4.69, 9.17) is 0 Å². The average molecular weight is 423 g/mol. The second kappa shape index (κ2) is 6.12. The smallest absolute Gasteiger partial charge is 0.327 e. The molecule has 0 amide bonds. The van der Waals surface area contributed by atoms with Crippen LogP contribution in [0, 0.1) is 12.8 Å². The Morgan fingerprint density at radius 3 is 2.52 bits per heavy atom. The predicted molar refractivity (Wildman–Crippen MR) is 107 cm³/mol. The Hall–Kier alpha value is -2.26. The lowest BCUT2D eigenvalue weighted by atomic mass is 9.93. The van der Waals surface area contributed by atoms with Crippen LogP contribution in [0.1, 0.15) is 31.4 Å². The van der Waals surface area contributed by atoms with Gasteiger partial charge in [-0.3, -0.25) is 0 Å². The Bertz CT molecular complexity index is 1100. The van der Waals surface area contributed by atoms with Gasteiger partial charge in [0.1, 0.15) is 0 Å². The van der Waals surface area contributed by atoms with Crippen LogP contribution in [0.4, 0.5) is 20.3 Å². The molecule has 2 aromatic rings. The fraction of sp³-hybridized carbons (Fsp3) is 0.450. The average Bonchev–Trinajstić information content (AvgIpc) is 3.18. The number of benzene rings is 1. The molecule has 1 atom stereocenters. The van der Waals surface area contributed by atoms with Gasteiger partial charge in [0.15, 0.2) is 5.82 Å². The summed E-state index contributed by atoms with van der Waals surface area (Å²) in [7, 11) is -2.57. The van der Waals surface area contributed by atoms with Crippen LogP contribution in [0.25, 0.3) is 11.3 Å². The maximum atomic E-state index is 13.4. The quantitative estimate of drug-likeness (QED) is 0.818. The molecule has 1 fully saturated rings. The maximum absolute atomic E-state index is 13.4. The second-order valence-corrected chi connectivity index (χ2v) is 10.2. The van der Waals surface area contributed by atoms with E-state index in [9.17, 15) is 22.3 Å². The number of hydrogen-bond donors (Lipinski definition) is 1. The molecular formula is C20H23F2N3O3S. The normalized spacial score (nSPS) is 22.0. The first-order valence-electron chi connectivity index (χ1n) is 9.32. The molecule has 1 aromatic carbocycles. The van der Waals surface area contributed by atoms with Crippen molar-refractivity contribution in [1.82, 2.24) is 4.98 Å². The highest BCUT2D eigenvalue weighted by atomic mass is 32.2. The number of nitrogens with zero attached hydrogens (tertiary/aromatic N) is 3. The van der Waals surface area contributed by atoms with Crippen molar-refractivity contribution in [3.05, 3.63) is 41.5 Å². The minimum absolute atomic E-state index is 0.208. The van der Waals surface area contributed by atoms with Crippen molar-refractivity contribution in [1.29, 1.82) is 0 Å². The molecule has 2 heterocycles. The van der Waals surface area contributed by atoms with E-state index in [1.165, 1.54) is 7.05 Å². The third-order valence-electron chi connectivity index (χ3n) is 5.61. The van der Waals surface area contributed by atoms with E-state index in [0.717, 1.165) is 19.7 Å². The molecule has 1 aliphatic carbocycles. The number of halogens is 2. The van der Waals surface area contributed by atoms with Crippen LogP contribution in [-0.2, 0) is 15.8 Å². The Kier molecular flexibility index (Phi) is 4.23. The van der Waals surface area contributed by atoms with Crippen LogP contribution in [0.3, 0.4) is 0 Å². The number of aromatic nitrogens is 1. The summed E-state index contributed by atoms with van der Waals surface area (Å²) in [5, 5.41) is 10.3. The SMILES string of the molecule is Cc1ccc(C(C)(C)O)cc1-c1ccc2c(n1)N(C)S(=O)(=O)N2CC1CC1(F)F. The summed E-state index contributed by atoms with van der Waals surface area (Å²) in [6.07, 6.45) is -0.299. The first kappa shape index (κ1) is 20.0. The van der Waals surface area contributed by atoms with Gasteiger partial charge in [0, 0.05) is 31.5 Å². The molecule has 1 aliphatic heterocycles. The molecule has 0 saturated heterocycles. The van der Waals surface area contributed by atoms with Crippen LogP contribution >= 0.6 is 0 Å². The lowest BCUT2D eigenvalue weighted by molar-refractivity contribution is 0.0786. The largest absolute Gasteiger partial charge is 0.386 e. The van der Waals surface area contributed by atoms with Crippen molar-refractivity contribution in [3.8, 4) is 11.3 Å². The van der Waals surface area contributed by atoms with Crippen molar-refractivity contribution in [2.45, 2.75) is 38.7 Å². The van der Waals surface area contributed by atoms with Gasteiger partial charge in [-0.25, -0.2) is 22.4 Å². The van der Waals surface area contributed by atoms with E-state index >= 15 is 0 Å². The van der Waals surface area contributed by atoms with Crippen LogP contribution in [0.15, 0.2) is 30.3 Å². The van der Waals surface area contributed by atoms with E-state index in [-0.39, 0.29) is 18.8 Å². The van der Waals surface area contributed by atoms with Crippen molar-refractivity contribution < 1.29 is 22.3 Å². The molecule has 2 aliphatic rings. The van der Waals surface area contributed by atoms with Crippen LogP contribution in [0.5, 0.6) is 0 Å². The molecule has 1 unspecified atom stereocenters. The molecule has 9 heteroatoms. The van der Waals surface area contributed by atoms with Gasteiger partial charge in [-0.05, 0) is 50.1 Å². The third-order valence-corrected chi connectivity index (χ3v) is 7.38. The Labute approximate surface area is 169 Å². The minimum Gasteiger partial charge on any atom is -0.386 e. The van der Waals surface area contributed by atoms with Crippen LogP contribution in [0.2, 0.25) is 0 Å². The highest BCUT2D eigenvalue weighted by Crippen LogP contribution is 2.51. The monoisotopic (exact) mass is 423 g/mol. The van der Waals surface area contributed by atoms with Gasteiger partial charge in [0.25, 0.3) is 5.92 Å². The van der Waals surface area contributed by atoms with E-state index in [0.29, 0.717) is 16.9 Å². The number of alkyl halides is 2. The van der Waals surface area contributed by atoms with Crippen molar-refractivity contribution in [2.75, 3.05) is 22.2 Å². The summed E-state index contributed by atoms with van der Waals surface area (Å²) >= 11 is 0. The maximum Gasteiger partial charge on any atom is 0.327 e. The Balaban J connectivity index is 1.76. The standard InChI is InChI=1S/C20H23F2N3O3S/c1-12-5-6-13(19(2,3)26)9-15(12)16-7-8-17-18(23-16)24(4)29(27,28)25(17)11-14-10-20(14,21)22/h5-9,14,26H,10-11H2,1-4H3. The molecule has 1 N–H and O–H groups in total. The van der Waals surface area contributed by atoms with Crippen molar-refractivity contribution >= 4 is 21.7 Å². The van der Waals surface area contributed by atoms with Crippen molar-refractivity contribution in [3.63, 3.8) is 0 Å². The Morgan fingerprint density at radius 1 is 1.28 bits per heavy atom.